The molecule has 0 unspecified atom stereocenters. The van der Waals surface area contributed by atoms with E-state index in [1.54, 1.807) is 0 Å². The van der Waals surface area contributed by atoms with Crippen LogP contribution in [0.2, 0.25) is 10.2 Å². The molecule has 0 fully saturated rings. The Balaban J connectivity index is 2.71. The van der Waals surface area contributed by atoms with E-state index in [2.05, 4.69) is 5.10 Å². The molecule has 0 bridgehead atoms. The van der Waals surface area contributed by atoms with Gasteiger partial charge in [-0.2, -0.15) is 5.10 Å². The number of carboxylic acid groups (broad SMARTS) is 1. The molecular weight excluding hydrogens is 318 g/mol. The minimum atomic E-state index is -1.18. The number of carbonyl (C=O) groups is 1. The highest BCUT2D eigenvalue weighted by atomic mass is 35.5. The third kappa shape index (κ3) is 2.89. The van der Waals surface area contributed by atoms with Crippen LogP contribution in [0.15, 0.2) is 18.2 Å². The van der Waals surface area contributed by atoms with Crippen LogP contribution in [-0.2, 0) is 5.41 Å². The molecule has 1 aromatic carbocycles. The first-order valence-electron chi connectivity index (χ1n) is 6.10. The molecule has 0 saturated carbocycles. The summed E-state index contributed by atoms with van der Waals surface area (Å²) < 4.78 is 14.8. The second-order valence-electron chi connectivity index (χ2n) is 5.58. The molecule has 112 valence electrons. The molecule has 0 aliphatic heterocycles. The van der Waals surface area contributed by atoms with Crippen molar-refractivity contribution in [1.29, 1.82) is 0 Å². The predicted molar refractivity (Wildman–Crippen MR) is 79.2 cm³/mol. The van der Waals surface area contributed by atoms with Crippen molar-refractivity contribution in [2.75, 3.05) is 0 Å². The molecule has 0 amide bonds. The Morgan fingerprint density at radius 2 is 1.95 bits per heavy atom. The number of benzene rings is 1. The molecule has 0 spiro atoms. The minimum Gasteiger partial charge on any atom is -0.478 e. The van der Waals surface area contributed by atoms with E-state index in [0.29, 0.717) is 11.4 Å². The molecule has 0 saturated heterocycles. The van der Waals surface area contributed by atoms with Gasteiger partial charge in [0.1, 0.15) is 16.5 Å². The standard InChI is InChI=1S/C14H13Cl2FN2O2/c1-14(2,3)11-10(13(20)21)12(16)19(18-11)7-4-5-8(15)9(17)6-7/h4-6H,1-3H3,(H,20,21). The van der Waals surface area contributed by atoms with Crippen molar-refractivity contribution in [2.24, 2.45) is 0 Å². The zero-order valence-corrected chi connectivity index (χ0v) is 13.1. The van der Waals surface area contributed by atoms with Crippen molar-refractivity contribution in [3.8, 4) is 5.69 Å². The molecule has 2 rings (SSSR count). The Bertz CT molecular complexity index is 720. The first-order valence-corrected chi connectivity index (χ1v) is 6.86. The van der Waals surface area contributed by atoms with Crippen molar-refractivity contribution in [1.82, 2.24) is 9.78 Å². The van der Waals surface area contributed by atoms with E-state index in [1.807, 2.05) is 20.8 Å². The van der Waals surface area contributed by atoms with E-state index in [9.17, 15) is 14.3 Å². The van der Waals surface area contributed by atoms with Crippen LogP contribution in [-0.4, -0.2) is 20.9 Å². The Hall–Kier alpha value is -1.59. The van der Waals surface area contributed by atoms with E-state index in [4.69, 9.17) is 23.2 Å². The Morgan fingerprint density at radius 1 is 1.33 bits per heavy atom. The van der Waals surface area contributed by atoms with Crippen LogP contribution >= 0.6 is 23.2 Å². The van der Waals surface area contributed by atoms with Crippen LogP contribution in [0.4, 0.5) is 4.39 Å². The minimum absolute atomic E-state index is 0.0310. The maximum absolute atomic E-state index is 13.6. The monoisotopic (exact) mass is 330 g/mol. The van der Waals surface area contributed by atoms with Gasteiger partial charge in [-0.3, -0.25) is 0 Å². The zero-order chi connectivity index (χ0) is 15.9. The van der Waals surface area contributed by atoms with Crippen LogP contribution in [0.3, 0.4) is 0 Å². The molecule has 0 radical (unpaired) electrons. The molecule has 4 nitrogen and oxygen atoms in total. The van der Waals surface area contributed by atoms with E-state index >= 15 is 0 Å². The van der Waals surface area contributed by atoms with Gasteiger partial charge in [0.25, 0.3) is 0 Å². The van der Waals surface area contributed by atoms with Crippen LogP contribution < -0.4 is 0 Å². The zero-order valence-electron chi connectivity index (χ0n) is 11.6. The lowest BCUT2D eigenvalue weighted by atomic mass is 9.89. The molecule has 0 aliphatic rings. The third-order valence-corrected chi connectivity index (χ3v) is 3.56. The lowest BCUT2D eigenvalue weighted by Gasteiger charge is -2.15. The van der Waals surface area contributed by atoms with Gasteiger partial charge in [-0.05, 0) is 12.1 Å². The van der Waals surface area contributed by atoms with Crippen LogP contribution in [0, 0.1) is 5.82 Å². The van der Waals surface area contributed by atoms with E-state index in [1.165, 1.54) is 16.8 Å². The highest BCUT2D eigenvalue weighted by molar-refractivity contribution is 6.33. The van der Waals surface area contributed by atoms with Crippen molar-refractivity contribution >= 4 is 29.2 Å². The summed E-state index contributed by atoms with van der Waals surface area (Å²) >= 11 is 11.8. The van der Waals surface area contributed by atoms with Gasteiger partial charge in [-0.15, -0.1) is 0 Å². The van der Waals surface area contributed by atoms with Gasteiger partial charge in [0.05, 0.1) is 16.4 Å². The fourth-order valence-electron chi connectivity index (χ4n) is 1.90. The van der Waals surface area contributed by atoms with Gasteiger partial charge in [-0.1, -0.05) is 44.0 Å². The molecule has 1 heterocycles. The molecule has 0 atom stereocenters. The molecule has 2 aromatic rings. The second-order valence-corrected chi connectivity index (χ2v) is 6.34. The van der Waals surface area contributed by atoms with Crippen molar-refractivity contribution in [2.45, 2.75) is 26.2 Å². The summed E-state index contributed by atoms with van der Waals surface area (Å²) in [4.78, 5) is 11.4. The lowest BCUT2D eigenvalue weighted by Crippen LogP contribution is -2.16. The Kier molecular flexibility index (Phi) is 4.00. The fourth-order valence-corrected chi connectivity index (χ4v) is 2.32. The molecular formula is C14H13Cl2FN2O2. The van der Waals surface area contributed by atoms with Gasteiger partial charge in [0, 0.05) is 11.5 Å². The van der Waals surface area contributed by atoms with Gasteiger partial charge < -0.3 is 5.11 Å². The number of hydrogen-bond acceptors (Lipinski definition) is 2. The SMILES string of the molecule is CC(C)(C)c1nn(-c2ccc(Cl)c(F)c2)c(Cl)c1C(=O)O. The van der Waals surface area contributed by atoms with Gasteiger partial charge in [-0.25, -0.2) is 13.9 Å². The number of rotatable bonds is 2. The van der Waals surface area contributed by atoms with Gasteiger partial charge in [0.15, 0.2) is 0 Å². The summed E-state index contributed by atoms with van der Waals surface area (Å²) in [6.07, 6.45) is 0. The van der Waals surface area contributed by atoms with Crippen molar-refractivity contribution in [3.63, 3.8) is 0 Å². The van der Waals surface area contributed by atoms with Gasteiger partial charge in [0.2, 0.25) is 0 Å². The van der Waals surface area contributed by atoms with Gasteiger partial charge >= 0.3 is 5.97 Å². The highest BCUT2D eigenvalue weighted by Crippen LogP contribution is 2.32. The number of nitrogens with zero attached hydrogens (tertiary/aromatic N) is 2. The molecule has 1 N–H and O–H groups in total. The lowest BCUT2D eigenvalue weighted by molar-refractivity contribution is 0.0694. The summed E-state index contributed by atoms with van der Waals surface area (Å²) in [5.74, 6) is -1.81. The summed E-state index contributed by atoms with van der Waals surface area (Å²) in [6, 6.07) is 4.03. The second kappa shape index (κ2) is 5.31. The summed E-state index contributed by atoms with van der Waals surface area (Å²) in [6.45, 7) is 5.47. The van der Waals surface area contributed by atoms with E-state index in [-0.39, 0.29) is 15.7 Å². The maximum atomic E-state index is 13.6. The summed E-state index contributed by atoms with van der Waals surface area (Å²) in [5.41, 5.74) is 0.0305. The smallest absolute Gasteiger partial charge is 0.340 e. The first kappa shape index (κ1) is 15.8. The average Bonchev–Trinajstić information content (AvgIpc) is 2.70. The van der Waals surface area contributed by atoms with Crippen LogP contribution in [0.5, 0.6) is 0 Å². The Labute approximate surface area is 131 Å². The molecule has 0 aliphatic carbocycles. The first-order chi connectivity index (χ1) is 9.62. The fraction of sp³-hybridized carbons (Fsp3) is 0.286. The van der Waals surface area contributed by atoms with Crippen molar-refractivity contribution in [3.05, 3.63) is 45.4 Å². The largest absolute Gasteiger partial charge is 0.478 e. The summed E-state index contributed by atoms with van der Waals surface area (Å²) in [5, 5.41) is 13.5. The van der Waals surface area contributed by atoms with Crippen LogP contribution in [0.1, 0.15) is 36.8 Å². The van der Waals surface area contributed by atoms with E-state index in [0.717, 1.165) is 6.07 Å². The Morgan fingerprint density at radius 3 is 2.38 bits per heavy atom. The number of aromatic carboxylic acids is 1. The quantitative estimate of drug-likeness (QED) is 0.892. The predicted octanol–water partition coefficient (Wildman–Crippen LogP) is 4.31. The number of hydrogen-bond donors (Lipinski definition) is 1. The summed E-state index contributed by atoms with van der Waals surface area (Å²) in [7, 11) is 0. The molecule has 1 aromatic heterocycles. The number of carboxylic acids is 1. The topological polar surface area (TPSA) is 55.1 Å². The molecule has 7 heteroatoms. The average molecular weight is 331 g/mol. The van der Waals surface area contributed by atoms with E-state index < -0.39 is 17.2 Å². The van der Waals surface area contributed by atoms with Crippen LogP contribution in [0.25, 0.3) is 5.69 Å². The normalized spacial score (nSPS) is 11.7. The number of halogens is 3. The highest BCUT2D eigenvalue weighted by Gasteiger charge is 2.30. The third-order valence-electron chi connectivity index (χ3n) is 2.90. The number of aromatic nitrogens is 2. The molecule has 21 heavy (non-hydrogen) atoms. The van der Waals surface area contributed by atoms with Crippen molar-refractivity contribution < 1.29 is 14.3 Å². The maximum Gasteiger partial charge on any atom is 0.340 e.